The summed E-state index contributed by atoms with van der Waals surface area (Å²) in [5, 5.41) is 6.61. The van der Waals surface area contributed by atoms with Gasteiger partial charge in [0.15, 0.2) is 5.65 Å². The Hall–Kier alpha value is -2.31. The van der Waals surface area contributed by atoms with Crippen LogP contribution in [0.4, 0.5) is 0 Å². The molecule has 0 spiro atoms. The molecule has 0 aromatic carbocycles. The lowest BCUT2D eigenvalue weighted by Gasteiger charge is -2.21. The second kappa shape index (κ2) is 10.6. The van der Waals surface area contributed by atoms with Crippen molar-refractivity contribution in [2.24, 2.45) is 13.0 Å². The first-order chi connectivity index (χ1) is 14.7. The SMILES string of the molecule is CC.CC.Cn1cc2cc(-c3ccc4cc(CC5CCOCC5)sc4n3)cnc2n1. The minimum Gasteiger partial charge on any atom is -0.381 e. The molecule has 1 fully saturated rings. The van der Waals surface area contributed by atoms with E-state index >= 15 is 0 Å². The van der Waals surface area contributed by atoms with Crippen LogP contribution in [-0.2, 0) is 18.2 Å². The van der Waals surface area contributed by atoms with Gasteiger partial charge in [0.2, 0.25) is 0 Å². The number of hydrogen-bond acceptors (Lipinski definition) is 5. The van der Waals surface area contributed by atoms with Crippen molar-refractivity contribution < 1.29 is 4.74 Å². The predicted molar refractivity (Wildman–Crippen MR) is 127 cm³/mol. The topological polar surface area (TPSA) is 52.8 Å². The maximum absolute atomic E-state index is 5.47. The minimum absolute atomic E-state index is 0.744. The molecule has 0 radical (unpaired) electrons. The van der Waals surface area contributed by atoms with Crippen molar-refractivity contribution in [2.75, 3.05) is 13.2 Å². The van der Waals surface area contributed by atoms with Gasteiger partial charge >= 0.3 is 0 Å². The second-order valence-corrected chi connectivity index (χ2v) is 8.12. The first-order valence-electron chi connectivity index (χ1n) is 11.0. The zero-order valence-electron chi connectivity index (χ0n) is 18.7. The fraction of sp³-hybridized carbons (Fsp3) is 0.458. The average Bonchev–Trinajstić information content (AvgIpc) is 3.37. The van der Waals surface area contributed by atoms with E-state index < -0.39 is 0 Å². The molecule has 0 atom stereocenters. The molecule has 0 N–H and O–H groups in total. The fourth-order valence-corrected chi connectivity index (χ4v) is 4.78. The van der Waals surface area contributed by atoms with E-state index in [2.05, 4.69) is 34.3 Å². The first-order valence-corrected chi connectivity index (χ1v) is 11.8. The molecule has 4 aromatic heterocycles. The van der Waals surface area contributed by atoms with Crippen LogP contribution in [0.15, 0.2) is 36.7 Å². The Morgan fingerprint density at radius 2 is 1.83 bits per heavy atom. The number of fused-ring (bicyclic) bond motifs is 2. The average molecular weight is 425 g/mol. The monoisotopic (exact) mass is 424 g/mol. The van der Waals surface area contributed by atoms with Gasteiger partial charge < -0.3 is 4.74 Å². The number of rotatable bonds is 3. The number of nitrogens with zero attached hydrogens (tertiary/aromatic N) is 4. The van der Waals surface area contributed by atoms with Gasteiger partial charge in [-0.05, 0) is 49.4 Å². The number of aromatic nitrogens is 4. The van der Waals surface area contributed by atoms with E-state index in [-0.39, 0.29) is 0 Å². The smallest absolute Gasteiger partial charge is 0.181 e. The van der Waals surface area contributed by atoms with E-state index in [4.69, 9.17) is 9.72 Å². The van der Waals surface area contributed by atoms with Gasteiger partial charge in [-0.1, -0.05) is 27.7 Å². The molecule has 5 rings (SSSR count). The van der Waals surface area contributed by atoms with Crippen LogP contribution in [0.1, 0.15) is 45.4 Å². The van der Waals surface area contributed by atoms with E-state index in [1.807, 2.05) is 58.5 Å². The molecule has 5 heterocycles. The van der Waals surface area contributed by atoms with Gasteiger partial charge in [0.05, 0.1) is 5.69 Å². The van der Waals surface area contributed by atoms with E-state index in [1.54, 1.807) is 4.68 Å². The molecule has 30 heavy (non-hydrogen) atoms. The van der Waals surface area contributed by atoms with Crippen LogP contribution in [0, 0.1) is 5.92 Å². The summed E-state index contributed by atoms with van der Waals surface area (Å²) in [5.74, 6) is 0.744. The Bertz CT molecular complexity index is 1080. The summed E-state index contributed by atoms with van der Waals surface area (Å²) < 4.78 is 7.26. The zero-order chi connectivity index (χ0) is 21.5. The Morgan fingerprint density at radius 3 is 2.60 bits per heavy atom. The first kappa shape index (κ1) is 22.4. The van der Waals surface area contributed by atoms with E-state index in [0.29, 0.717) is 0 Å². The van der Waals surface area contributed by atoms with Crippen molar-refractivity contribution in [1.82, 2.24) is 19.7 Å². The lowest BCUT2D eigenvalue weighted by atomic mass is 9.96. The fourth-order valence-electron chi connectivity index (χ4n) is 3.64. The summed E-state index contributed by atoms with van der Waals surface area (Å²) in [6, 6.07) is 8.68. The molecule has 0 unspecified atom stereocenters. The van der Waals surface area contributed by atoms with Crippen LogP contribution in [-0.4, -0.2) is 33.0 Å². The van der Waals surface area contributed by atoms with Crippen LogP contribution in [0.25, 0.3) is 32.5 Å². The normalized spacial score (nSPS) is 14.2. The van der Waals surface area contributed by atoms with Crippen LogP contribution in [0.3, 0.4) is 0 Å². The molecule has 4 aromatic rings. The van der Waals surface area contributed by atoms with Crippen LogP contribution >= 0.6 is 11.3 Å². The van der Waals surface area contributed by atoms with Crippen molar-refractivity contribution in [3.63, 3.8) is 0 Å². The summed E-state index contributed by atoms with van der Waals surface area (Å²) in [7, 11) is 1.91. The number of pyridine rings is 2. The molecule has 0 bridgehead atoms. The highest BCUT2D eigenvalue weighted by Gasteiger charge is 2.16. The maximum atomic E-state index is 5.47. The minimum atomic E-state index is 0.744. The summed E-state index contributed by atoms with van der Waals surface area (Å²) in [6.07, 6.45) is 7.33. The Labute approximate surface area is 183 Å². The molecule has 1 aliphatic heterocycles. The third-order valence-electron chi connectivity index (χ3n) is 5.03. The van der Waals surface area contributed by atoms with E-state index in [1.165, 1.54) is 23.1 Å². The highest BCUT2D eigenvalue weighted by atomic mass is 32.1. The highest BCUT2D eigenvalue weighted by Crippen LogP contribution is 2.31. The molecule has 0 aliphatic carbocycles. The second-order valence-electron chi connectivity index (χ2n) is 7.00. The number of ether oxygens (including phenoxy) is 1. The molecule has 0 saturated carbocycles. The van der Waals surface area contributed by atoms with Crippen molar-refractivity contribution >= 4 is 32.6 Å². The van der Waals surface area contributed by atoms with Gasteiger partial charge in [0.1, 0.15) is 4.83 Å². The van der Waals surface area contributed by atoms with Gasteiger partial charge in [0.25, 0.3) is 0 Å². The van der Waals surface area contributed by atoms with Gasteiger partial charge in [-0.3, -0.25) is 4.68 Å². The summed E-state index contributed by atoms with van der Waals surface area (Å²) in [4.78, 5) is 11.9. The summed E-state index contributed by atoms with van der Waals surface area (Å²) in [5.41, 5.74) is 2.77. The standard InChI is InChI=1S/C20H20N4OS.2C2H6/c1-24-12-16-9-15(11-21-19(16)23-24)18-3-2-14-10-17(26-20(14)22-18)8-13-4-6-25-7-5-13;2*1-2/h2-3,9-13H,4-8H2,1H3;2*1-2H3. The molecule has 1 aliphatic rings. The van der Waals surface area contributed by atoms with Crippen molar-refractivity contribution in [2.45, 2.75) is 47.0 Å². The molecule has 5 nitrogen and oxygen atoms in total. The van der Waals surface area contributed by atoms with E-state index in [9.17, 15) is 0 Å². The van der Waals surface area contributed by atoms with Gasteiger partial charge in [-0.2, -0.15) is 5.10 Å². The Morgan fingerprint density at radius 1 is 1.07 bits per heavy atom. The summed E-state index contributed by atoms with van der Waals surface area (Å²) in [6.45, 7) is 9.81. The lowest BCUT2D eigenvalue weighted by Crippen LogP contribution is -2.17. The Balaban J connectivity index is 0.000000606. The third kappa shape index (κ3) is 5.05. The van der Waals surface area contributed by atoms with Gasteiger partial charge in [0, 0.05) is 53.9 Å². The number of thiophene rings is 1. The maximum Gasteiger partial charge on any atom is 0.181 e. The van der Waals surface area contributed by atoms with Crippen LogP contribution < -0.4 is 0 Å². The highest BCUT2D eigenvalue weighted by molar-refractivity contribution is 7.18. The van der Waals surface area contributed by atoms with Gasteiger partial charge in [-0.25, -0.2) is 9.97 Å². The molecular weight excluding hydrogens is 392 g/mol. The van der Waals surface area contributed by atoms with Crippen LogP contribution in [0.5, 0.6) is 0 Å². The molecule has 6 heteroatoms. The van der Waals surface area contributed by atoms with Crippen molar-refractivity contribution in [3.8, 4) is 11.3 Å². The number of aryl methyl sites for hydroxylation is 1. The largest absolute Gasteiger partial charge is 0.381 e. The Kier molecular flexibility index (Phi) is 7.94. The molecule has 0 amide bonds. The third-order valence-corrected chi connectivity index (χ3v) is 6.10. The van der Waals surface area contributed by atoms with E-state index in [0.717, 1.165) is 52.7 Å². The molecule has 160 valence electrons. The van der Waals surface area contributed by atoms with Crippen molar-refractivity contribution in [1.29, 1.82) is 0 Å². The molecular formula is C24H32N4OS. The quantitative estimate of drug-likeness (QED) is 0.389. The predicted octanol–water partition coefficient (Wildman–Crippen LogP) is 6.27. The van der Waals surface area contributed by atoms with Crippen LogP contribution in [0.2, 0.25) is 0 Å². The lowest BCUT2D eigenvalue weighted by molar-refractivity contribution is 0.0667. The zero-order valence-corrected chi connectivity index (χ0v) is 19.5. The van der Waals surface area contributed by atoms with Crippen molar-refractivity contribution in [3.05, 3.63) is 41.5 Å². The van der Waals surface area contributed by atoms with Gasteiger partial charge in [-0.15, -0.1) is 11.3 Å². The molecule has 1 saturated heterocycles. The summed E-state index contributed by atoms with van der Waals surface area (Å²) >= 11 is 1.82. The number of hydrogen-bond donors (Lipinski definition) is 0.